The molecule has 0 spiro atoms. The van der Waals surface area contributed by atoms with Crippen molar-refractivity contribution in [1.29, 1.82) is 0 Å². The van der Waals surface area contributed by atoms with Crippen LogP contribution >= 0.6 is 0 Å². The number of aromatic hydroxyl groups is 1. The van der Waals surface area contributed by atoms with E-state index < -0.39 is 0 Å². The smallest absolute Gasteiger partial charge is 0.336 e. The van der Waals surface area contributed by atoms with Crippen LogP contribution in [-0.4, -0.2) is 46.6 Å². The van der Waals surface area contributed by atoms with Gasteiger partial charge in [0.25, 0.3) is 0 Å². The van der Waals surface area contributed by atoms with Gasteiger partial charge < -0.3 is 9.52 Å². The molecule has 1 N–H and O–H groups in total. The average Bonchev–Trinajstić information content (AvgIpc) is 2.78. The third-order valence-corrected chi connectivity index (χ3v) is 8.66. The second-order valence-corrected chi connectivity index (χ2v) is 10.6. The van der Waals surface area contributed by atoms with Crippen molar-refractivity contribution in [3.05, 3.63) is 50.9 Å². The predicted octanol–water partition coefficient (Wildman–Crippen LogP) is 4.51. The number of fused-ring (bicyclic) bond motifs is 7. The van der Waals surface area contributed by atoms with E-state index in [9.17, 15) is 9.90 Å². The molecule has 0 amide bonds. The van der Waals surface area contributed by atoms with Gasteiger partial charge in [0.2, 0.25) is 0 Å². The summed E-state index contributed by atoms with van der Waals surface area (Å²) >= 11 is 0. The van der Waals surface area contributed by atoms with E-state index in [4.69, 9.17) is 4.42 Å². The normalized spacial score (nSPS) is 30.6. The van der Waals surface area contributed by atoms with E-state index in [1.165, 1.54) is 51.6 Å². The van der Waals surface area contributed by atoms with Gasteiger partial charge in [0.15, 0.2) is 0 Å². The molecule has 0 unspecified atom stereocenters. The summed E-state index contributed by atoms with van der Waals surface area (Å²) in [7, 11) is 0. The van der Waals surface area contributed by atoms with Crippen LogP contribution in [0.15, 0.2) is 33.0 Å². The molecule has 4 heterocycles. The molecule has 170 valence electrons. The van der Waals surface area contributed by atoms with Crippen molar-refractivity contribution in [2.24, 2.45) is 11.8 Å². The molecule has 4 atom stereocenters. The molecule has 4 aliphatic rings. The Morgan fingerprint density at radius 1 is 1.16 bits per heavy atom. The zero-order chi connectivity index (χ0) is 22.0. The summed E-state index contributed by atoms with van der Waals surface area (Å²) in [5, 5.41) is 12.0. The molecule has 2 aromatic rings. The van der Waals surface area contributed by atoms with Crippen LogP contribution in [0.3, 0.4) is 0 Å². The highest BCUT2D eigenvalue weighted by molar-refractivity contribution is 5.86. The molecule has 0 saturated carbocycles. The topological polar surface area (TPSA) is 56.9 Å². The minimum absolute atomic E-state index is 0.274. The van der Waals surface area contributed by atoms with Crippen LogP contribution in [0.1, 0.15) is 55.2 Å². The Morgan fingerprint density at radius 2 is 2.03 bits per heavy atom. The van der Waals surface area contributed by atoms with E-state index in [0.29, 0.717) is 23.1 Å². The van der Waals surface area contributed by atoms with Crippen LogP contribution in [0.2, 0.25) is 0 Å². The first-order valence-electron chi connectivity index (χ1n) is 12.4. The van der Waals surface area contributed by atoms with Crippen molar-refractivity contribution in [2.45, 2.75) is 71.0 Å². The van der Waals surface area contributed by atoms with E-state index in [0.717, 1.165) is 41.6 Å². The predicted molar refractivity (Wildman–Crippen MR) is 126 cm³/mol. The van der Waals surface area contributed by atoms with Crippen molar-refractivity contribution in [3.8, 4) is 5.75 Å². The zero-order valence-corrected chi connectivity index (χ0v) is 19.3. The SMILES string of the molecule is Cc1cc(=O)oc2c(C)c(O)c(CN3CCCC4=C[C@H]5C[C@@H](CN6CCCC[C@H]56)[C@@H]43)cc12. The Bertz CT molecular complexity index is 1150. The number of rotatable bonds is 2. The molecular formula is C27H34N2O3. The summed E-state index contributed by atoms with van der Waals surface area (Å²) in [6.07, 6.45) is 10.5. The van der Waals surface area contributed by atoms with Gasteiger partial charge in [-0.15, -0.1) is 0 Å². The number of phenols is 1. The highest BCUT2D eigenvalue weighted by atomic mass is 16.4. The van der Waals surface area contributed by atoms with Gasteiger partial charge in [-0.1, -0.05) is 18.1 Å². The monoisotopic (exact) mass is 434 g/mol. The molecule has 3 aliphatic heterocycles. The van der Waals surface area contributed by atoms with Gasteiger partial charge in [0.05, 0.1) is 0 Å². The standard InChI is InChI=1S/C27H34N2O3/c1-16-10-24(30)32-27-17(2)26(31)21(13-22(16)27)15-29-9-5-6-18-11-19-12-20(25(18)29)14-28-8-4-3-7-23(19)28/h10-11,13,19-20,23,25,31H,3-9,12,14-15H2,1-2H3/t19-,20-,23+,25+/m0/s1. The lowest BCUT2D eigenvalue weighted by atomic mass is 9.68. The first-order chi connectivity index (χ1) is 15.5. The maximum absolute atomic E-state index is 11.9. The molecule has 5 nitrogen and oxygen atoms in total. The Balaban J connectivity index is 1.35. The fourth-order valence-corrected chi connectivity index (χ4v) is 7.27. The number of hydrogen-bond acceptors (Lipinski definition) is 5. The molecule has 32 heavy (non-hydrogen) atoms. The Labute approximate surface area is 189 Å². The Morgan fingerprint density at radius 3 is 2.91 bits per heavy atom. The Kier molecular flexibility index (Phi) is 4.96. The maximum atomic E-state index is 11.9. The first-order valence-corrected chi connectivity index (χ1v) is 12.4. The highest BCUT2D eigenvalue weighted by Crippen LogP contribution is 2.45. The van der Waals surface area contributed by atoms with Gasteiger partial charge in [0, 0.05) is 47.8 Å². The quantitative estimate of drug-likeness (QED) is 0.557. The van der Waals surface area contributed by atoms with Crippen LogP contribution in [0.5, 0.6) is 5.75 Å². The van der Waals surface area contributed by atoms with Crippen molar-refractivity contribution in [3.63, 3.8) is 0 Å². The summed E-state index contributed by atoms with van der Waals surface area (Å²) in [6, 6.07) is 4.85. The largest absolute Gasteiger partial charge is 0.507 e. The van der Waals surface area contributed by atoms with E-state index in [1.807, 2.05) is 19.9 Å². The van der Waals surface area contributed by atoms with Crippen LogP contribution in [0, 0.1) is 25.7 Å². The third kappa shape index (κ3) is 3.24. The van der Waals surface area contributed by atoms with Gasteiger partial charge in [-0.3, -0.25) is 9.80 Å². The van der Waals surface area contributed by atoms with E-state index in [2.05, 4.69) is 15.9 Å². The van der Waals surface area contributed by atoms with Crippen molar-refractivity contribution in [2.75, 3.05) is 19.6 Å². The van der Waals surface area contributed by atoms with Gasteiger partial charge in [0.1, 0.15) is 11.3 Å². The molecule has 5 heteroatoms. The molecule has 1 aromatic heterocycles. The second kappa shape index (κ2) is 7.74. The van der Waals surface area contributed by atoms with Crippen LogP contribution in [0.25, 0.3) is 11.0 Å². The lowest BCUT2D eigenvalue weighted by molar-refractivity contribution is -0.00277. The lowest BCUT2D eigenvalue weighted by Crippen LogP contribution is -2.58. The van der Waals surface area contributed by atoms with Crippen molar-refractivity contribution < 1.29 is 9.52 Å². The van der Waals surface area contributed by atoms with Crippen molar-refractivity contribution in [1.82, 2.24) is 9.80 Å². The molecule has 2 bridgehead atoms. The molecule has 1 aromatic carbocycles. The first kappa shape index (κ1) is 20.5. The third-order valence-electron chi connectivity index (χ3n) is 8.66. The van der Waals surface area contributed by atoms with Crippen LogP contribution < -0.4 is 5.63 Å². The lowest BCUT2D eigenvalue weighted by Gasteiger charge is -2.54. The molecular weight excluding hydrogens is 400 g/mol. The molecule has 3 fully saturated rings. The number of nitrogens with zero attached hydrogens (tertiary/aromatic N) is 2. The summed E-state index contributed by atoms with van der Waals surface area (Å²) in [5.41, 5.74) is 4.33. The average molecular weight is 435 g/mol. The number of phenolic OH excluding ortho intramolecular Hbond substituents is 1. The second-order valence-electron chi connectivity index (χ2n) is 10.6. The number of likely N-dealkylation sites (tertiary alicyclic amines) is 1. The molecule has 1 aliphatic carbocycles. The molecule has 0 radical (unpaired) electrons. The summed E-state index contributed by atoms with van der Waals surface area (Å²) < 4.78 is 5.45. The minimum Gasteiger partial charge on any atom is -0.507 e. The maximum Gasteiger partial charge on any atom is 0.336 e. The zero-order valence-electron chi connectivity index (χ0n) is 19.3. The minimum atomic E-state index is -0.360. The van der Waals surface area contributed by atoms with E-state index >= 15 is 0 Å². The number of aryl methyl sites for hydroxylation is 2. The van der Waals surface area contributed by atoms with Gasteiger partial charge in [-0.25, -0.2) is 4.79 Å². The molecule has 3 saturated heterocycles. The van der Waals surface area contributed by atoms with Gasteiger partial charge >= 0.3 is 5.63 Å². The van der Waals surface area contributed by atoms with Crippen molar-refractivity contribution >= 4 is 11.0 Å². The van der Waals surface area contributed by atoms with E-state index in [1.54, 1.807) is 11.6 Å². The Hall–Kier alpha value is -2.11. The number of benzene rings is 1. The summed E-state index contributed by atoms with van der Waals surface area (Å²) in [4.78, 5) is 17.3. The fourth-order valence-electron chi connectivity index (χ4n) is 7.27. The number of piperidine rings is 3. The molecule has 6 rings (SSSR count). The number of hydrogen-bond donors (Lipinski definition) is 1. The van der Waals surface area contributed by atoms with Crippen LogP contribution in [0.4, 0.5) is 0 Å². The fraction of sp³-hybridized carbons (Fsp3) is 0.593. The highest BCUT2D eigenvalue weighted by Gasteiger charge is 2.45. The summed E-state index contributed by atoms with van der Waals surface area (Å²) in [6.45, 7) is 8.11. The van der Waals surface area contributed by atoms with Crippen LogP contribution in [-0.2, 0) is 6.54 Å². The van der Waals surface area contributed by atoms with Gasteiger partial charge in [-0.2, -0.15) is 0 Å². The summed E-state index contributed by atoms with van der Waals surface area (Å²) in [5.74, 6) is 1.70. The van der Waals surface area contributed by atoms with E-state index in [-0.39, 0.29) is 11.4 Å². The van der Waals surface area contributed by atoms with Gasteiger partial charge in [-0.05, 0) is 82.5 Å².